The summed E-state index contributed by atoms with van der Waals surface area (Å²) in [4.78, 5) is 6.04. The summed E-state index contributed by atoms with van der Waals surface area (Å²) >= 11 is 0. The minimum absolute atomic E-state index is 0.127. The van der Waals surface area contributed by atoms with Crippen LogP contribution in [0.3, 0.4) is 0 Å². The second-order valence-corrected chi connectivity index (χ2v) is 12.3. The van der Waals surface area contributed by atoms with Crippen LogP contribution in [-0.4, -0.2) is 87.1 Å². The quantitative estimate of drug-likeness (QED) is 0.591. The van der Waals surface area contributed by atoms with E-state index in [9.17, 15) is 0 Å². The Balaban J connectivity index is 2.04. The van der Waals surface area contributed by atoms with Crippen LogP contribution in [0, 0.1) is 0 Å². The van der Waals surface area contributed by atoms with Crippen molar-refractivity contribution in [3.05, 3.63) is 0 Å². The van der Waals surface area contributed by atoms with Crippen molar-refractivity contribution < 1.29 is 8.97 Å². The molecule has 3 unspecified atom stereocenters. The molecular formula is C23H46N4+2. The summed E-state index contributed by atoms with van der Waals surface area (Å²) in [7, 11) is 0. The smallest absolute Gasteiger partial charge is 0.241 e. The third kappa shape index (κ3) is 2.36. The van der Waals surface area contributed by atoms with Crippen LogP contribution in [-0.2, 0) is 0 Å². The van der Waals surface area contributed by atoms with Crippen molar-refractivity contribution >= 4 is 0 Å². The summed E-state index contributed by atoms with van der Waals surface area (Å²) in [5.41, 5.74) is 0.380. The van der Waals surface area contributed by atoms with Gasteiger partial charge in [-0.05, 0) is 55.4 Å². The molecule has 4 fully saturated rings. The number of rotatable bonds is 0. The molecule has 0 radical (unpaired) electrons. The third-order valence-electron chi connectivity index (χ3n) is 8.58. The normalized spacial score (nSPS) is 39.6. The van der Waals surface area contributed by atoms with Gasteiger partial charge in [0.1, 0.15) is 12.6 Å². The monoisotopic (exact) mass is 378 g/mol. The highest BCUT2D eigenvalue weighted by atomic mass is 15.9. The Morgan fingerprint density at radius 2 is 1.30 bits per heavy atom. The number of hydrogen-bond acceptors (Lipinski definition) is 2. The average Bonchev–Trinajstić information content (AvgIpc) is 3.25. The summed E-state index contributed by atoms with van der Waals surface area (Å²) in [6.45, 7) is 28.1. The maximum absolute atomic E-state index is 3.03. The Morgan fingerprint density at radius 1 is 0.778 bits per heavy atom. The molecule has 27 heavy (non-hydrogen) atoms. The van der Waals surface area contributed by atoms with Crippen LogP contribution in [0.2, 0.25) is 0 Å². The van der Waals surface area contributed by atoms with Gasteiger partial charge in [0.05, 0.1) is 38.8 Å². The summed E-state index contributed by atoms with van der Waals surface area (Å²) in [6.07, 6.45) is 5.66. The average molecular weight is 379 g/mol. The molecule has 0 aromatic carbocycles. The second kappa shape index (κ2) is 5.93. The first-order chi connectivity index (χ1) is 12.4. The van der Waals surface area contributed by atoms with E-state index < -0.39 is 0 Å². The fraction of sp³-hybridized carbons (Fsp3) is 1.00. The predicted octanol–water partition coefficient (Wildman–Crippen LogP) is 3.82. The SMILES string of the molecule is CC1C[N+]2(CCCC2)C2(N(C(C)(C)C)CC(C)[N+]23CCCC3)N1C(C)(C)C. The van der Waals surface area contributed by atoms with Crippen LogP contribution in [0.5, 0.6) is 0 Å². The molecule has 0 aromatic heterocycles. The van der Waals surface area contributed by atoms with Gasteiger partial charge in [0, 0.05) is 36.8 Å². The van der Waals surface area contributed by atoms with E-state index in [4.69, 9.17) is 0 Å². The number of fused-ring (bicyclic) bond motifs is 2. The van der Waals surface area contributed by atoms with Crippen LogP contribution >= 0.6 is 0 Å². The van der Waals surface area contributed by atoms with Crippen LogP contribution in [0.4, 0.5) is 0 Å². The zero-order chi connectivity index (χ0) is 19.9. The molecule has 3 atom stereocenters. The Kier molecular flexibility index (Phi) is 4.42. The fourth-order valence-electron chi connectivity index (χ4n) is 8.24. The van der Waals surface area contributed by atoms with Gasteiger partial charge in [0.2, 0.25) is 0 Å². The third-order valence-corrected chi connectivity index (χ3v) is 8.58. The second-order valence-electron chi connectivity index (χ2n) is 12.3. The highest BCUT2D eigenvalue weighted by Crippen LogP contribution is 2.59. The molecular weight excluding hydrogens is 332 g/mol. The Morgan fingerprint density at radius 3 is 1.78 bits per heavy atom. The summed E-state index contributed by atoms with van der Waals surface area (Å²) in [6, 6.07) is 1.38. The van der Waals surface area contributed by atoms with Crippen molar-refractivity contribution in [3.8, 4) is 0 Å². The molecule has 4 aliphatic rings. The topological polar surface area (TPSA) is 6.48 Å². The Labute approximate surface area is 168 Å². The zero-order valence-electron chi connectivity index (χ0n) is 19.5. The maximum Gasteiger partial charge on any atom is 0.358 e. The van der Waals surface area contributed by atoms with Crippen LogP contribution < -0.4 is 0 Å². The molecule has 4 rings (SSSR count). The van der Waals surface area contributed by atoms with Gasteiger partial charge in [-0.1, -0.05) is 0 Å². The molecule has 4 heterocycles. The first-order valence-electron chi connectivity index (χ1n) is 11.7. The van der Waals surface area contributed by atoms with Gasteiger partial charge < -0.3 is 0 Å². The lowest BCUT2D eigenvalue weighted by molar-refractivity contribution is -1.17. The van der Waals surface area contributed by atoms with E-state index >= 15 is 0 Å². The zero-order valence-corrected chi connectivity index (χ0v) is 19.5. The minimum atomic E-state index is 0.127. The Hall–Kier alpha value is -0.160. The van der Waals surface area contributed by atoms with Crippen LogP contribution in [0.1, 0.15) is 81.1 Å². The van der Waals surface area contributed by atoms with Gasteiger partial charge in [0.15, 0.2) is 0 Å². The van der Waals surface area contributed by atoms with Crippen LogP contribution in [0.25, 0.3) is 0 Å². The van der Waals surface area contributed by atoms with Crippen molar-refractivity contribution in [1.82, 2.24) is 9.80 Å². The van der Waals surface area contributed by atoms with Gasteiger partial charge in [-0.2, -0.15) is 9.80 Å². The summed E-state index contributed by atoms with van der Waals surface area (Å²) in [5.74, 6) is 0.127. The lowest BCUT2D eigenvalue weighted by Crippen LogP contribution is -2.86. The standard InChI is InChI=1S/C23H46N4/c1-19-18-26(13-9-10-14-26)23(25(19)22(6,7)8)24(21(3,4)5)17-20(2)27(23)15-11-12-16-27/h19-20H,9-18H2,1-8H3/q+2. The lowest BCUT2D eigenvalue weighted by atomic mass is 10.00. The van der Waals surface area contributed by atoms with E-state index in [1.54, 1.807) is 0 Å². The first-order valence-corrected chi connectivity index (χ1v) is 11.7. The highest BCUT2D eigenvalue weighted by molar-refractivity contribution is 5.02. The highest BCUT2D eigenvalue weighted by Gasteiger charge is 2.83. The Bertz CT molecular complexity index is 574. The number of quaternary nitrogens is 2. The largest absolute Gasteiger partial charge is 0.358 e. The van der Waals surface area contributed by atoms with Gasteiger partial charge >= 0.3 is 5.91 Å². The van der Waals surface area contributed by atoms with Gasteiger partial charge in [-0.15, -0.1) is 0 Å². The molecule has 0 aromatic rings. The fourth-order valence-corrected chi connectivity index (χ4v) is 8.24. The minimum Gasteiger partial charge on any atom is -0.241 e. The van der Waals surface area contributed by atoms with E-state index in [1.807, 2.05) is 0 Å². The summed E-state index contributed by atoms with van der Waals surface area (Å²) < 4.78 is 2.68. The van der Waals surface area contributed by atoms with Crippen molar-refractivity contribution in [3.63, 3.8) is 0 Å². The van der Waals surface area contributed by atoms with Gasteiger partial charge in [0.25, 0.3) is 0 Å². The van der Waals surface area contributed by atoms with Crippen molar-refractivity contribution in [2.45, 2.75) is 110 Å². The van der Waals surface area contributed by atoms with E-state index in [-0.39, 0.29) is 17.0 Å². The van der Waals surface area contributed by atoms with E-state index in [0.29, 0.717) is 6.04 Å². The molecule has 4 aliphatic heterocycles. The molecule has 0 amide bonds. The molecule has 0 saturated carbocycles. The van der Waals surface area contributed by atoms with Gasteiger partial charge in [-0.3, -0.25) is 0 Å². The molecule has 4 saturated heterocycles. The van der Waals surface area contributed by atoms with E-state index in [0.717, 1.165) is 6.04 Å². The molecule has 156 valence electrons. The predicted molar refractivity (Wildman–Crippen MR) is 113 cm³/mol. The number of hydrogen-bond donors (Lipinski definition) is 0. The number of nitrogens with zero attached hydrogens (tertiary/aromatic N) is 4. The van der Waals surface area contributed by atoms with E-state index in [1.165, 1.54) is 73.9 Å². The molecule has 0 aliphatic carbocycles. The molecule has 4 heteroatoms. The lowest BCUT2D eigenvalue weighted by Gasteiger charge is -2.61. The van der Waals surface area contributed by atoms with E-state index in [2.05, 4.69) is 65.2 Å². The van der Waals surface area contributed by atoms with Crippen molar-refractivity contribution in [2.24, 2.45) is 0 Å². The molecule has 0 N–H and O–H groups in total. The van der Waals surface area contributed by atoms with Crippen LogP contribution in [0.15, 0.2) is 0 Å². The first kappa shape index (κ1) is 20.1. The molecule has 3 spiro atoms. The maximum atomic E-state index is 3.03. The van der Waals surface area contributed by atoms with Crippen molar-refractivity contribution in [2.75, 3.05) is 39.3 Å². The summed E-state index contributed by atoms with van der Waals surface area (Å²) in [5, 5.41) is 0. The van der Waals surface area contributed by atoms with Crippen molar-refractivity contribution in [1.29, 1.82) is 0 Å². The molecule has 0 bridgehead atoms. The molecule has 4 nitrogen and oxygen atoms in total. The van der Waals surface area contributed by atoms with Gasteiger partial charge in [-0.25, -0.2) is 8.97 Å².